The molecule has 0 heterocycles. The van der Waals surface area contributed by atoms with Gasteiger partial charge >= 0.3 is 0 Å². The van der Waals surface area contributed by atoms with E-state index in [0.717, 1.165) is 11.1 Å². The van der Waals surface area contributed by atoms with Gasteiger partial charge in [-0.3, -0.25) is 4.79 Å². The summed E-state index contributed by atoms with van der Waals surface area (Å²) in [5, 5.41) is 2.87. The number of hydrogen-bond acceptors (Lipinski definition) is 2. The minimum absolute atomic E-state index is 0.0280. The highest BCUT2D eigenvalue weighted by Crippen LogP contribution is 2.10. The van der Waals surface area contributed by atoms with E-state index in [1.807, 2.05) is 13.8 Å². The van der Waals surface area contributed by atoms with Crippen LogP contribution in [-0.4, -0.2) is 19.0 Å². The minimum Gasteiger partial charge on any atom is -0.356 e. The van der Waals surface area contributed by atoms with Crippen LogP contribution >= 0.6 is 0 Å². The largest absolute Gasteiger partial charge is 0.356 e. The first-order chi connectivity index (χ1) is 8.54. The molecule has 18 heavy (non-hydrogen) atoms. The number of amides is 1. The van der Waals surface area contributed by atoms with Gasteiger partial charge in [0.1, 0.15) is 5.82 Å². The van der Waals surface area contributed by atoms with Crippen molar-refractivity contribution in [1.29, 1.82) is 0 Å². The topological polar surface area (TPSA) is 55.1 Å². The molecule has 3 N–H and O–H groups in total. The highest BCUT2D eigenvalue weighted by molar-refractivity contribution is 5.78. The SMILES string of the molecule is Cc1cc(F)ccc1CCNC(=O)C(C)CCN. The number of rotatable bonds is 6. The number of nitrogens with two attached hydrogens (primary N) is 1. The second-order valence-corrected chi connectivity index (χ2v) is 4.59. The molecular formula is C14H21FN2O. The highest BCUT2D eigenvalue weighted by atomic mass is 19.1. The summed E-state index contributed by atoms with van der Waals surface area (Å²) in [5.41, 5.74) is 7.38. The summed E-state index contributed by atoms with van der Waals surface area (Å²) in [7, 11) is 0. The molecule has 0 radical (unpaired) electrons. The van der Waals surface area contributed by atoms with Crippen molar-refractivity contribution in [2.24, 2.45) is 11.7 Å². The van der Waals surface area contributed by atoms with Crippen LogP contribution in [0.1, 0.15) is 24.5 Å². The van der Waals surface area contributed by atoms with Crippen LogP contribution in [-0.2, 0) is 11.2 Å². The van der Waals surface area contributed by atoms with Crippen LogP contribution in [0, 0.1) is 18.7 Å². The molecule has 0 aromatic heterocycles. The predicted octanol–water partition coefficient (Wildman–Crippen LogP) is 1.78. The van der Waals surface area contributed by atoms with Gasteiger partial charge in [-0.15, -0.1) is 0 Å². The van der Waals surface area contributed by atoms with Gasteiger partial charge in [0.15, 0.2) is 0 Å². The van der Waals surface area contributed by atoms with Gasteiger partial charge in [-0.05, 0) is 49.6 Å². The molecule has 0 fully saturated rings. The first kappa shape index (κ1) is 14.6. The fourth-order valence-electron chi connectivity index (χ4n) is 1.82. The van der Waals surface area contributed by atoms with Crippen LogP contribution in [0.25, 0.3) is 0 Å². The van der Waals surface area contributed by atoms with E-state index in [2.05, 4.69) is 5.32 Å². The summed E-state index contributed by atoms with van der Waals surface area (Å²) in [6.45, 7) is 4.83. The van der Waals surface area contributed by atoms with Gasteiger partial charge in [-0.25, -0.2) is 4.39 Å². The van der Waals surface area contributed by atoms with Crippen molar-refractivity contribution < 1.29 is 9.18 Å². The Balaban J connectivity index is 2.39. The van der Waals surface area contributed by atoms with Crippen molar-refractivity contribution in [2.45, 2.75) is 26.7 Å². The van der Waals surface area contributed by atoms with Crippen LogP contribution in [0.3, 0.4) is 0 Å². The molecule has 1 unspecified atom stereocenters. The first-order valence-electron chi connectivity index (χ1n) is 6.27. The van der Waals surface area contributed by atoms with E-state index < -0.39 is 0 Å². The normalized spacial score (nSPS) is 12.2. The van der Waals surface area contributed by atoms with Gasteiger partial charge in [0.2, 0.25) is 5.91 Å². The van der Waals surface area contributed by atoms with Crippen molar-refractivity contribution >= 4 is 5.91 Å². The Bertz CT molecular complexity index is 407. The van der Waals surface area contributed by atoms with Crippen molar-refractivity contribution in [3.63, 3.8) is 0 Å². The lowest BCUT2D eigenvalue weighted by Gasteiger charge is -2.11. The Morgan fingerprint density at radius 3 is 2.83 bits per heavy atom. The molecule has 1 atom stereocenters. The molecule has 1 aromatic rings. The van der Waals surface area contributed by atoms with Gasteiger partial charge in [-0.1, -0.05) is 13.0 Å². The van der Waals surface area contributed by atoms with Gasteiger partial charge < -0.3 is 11.1 Å². The van der Waals surface area contributed by atoms with Crippen LogP contribution in [0.2, 0.25) is 0 Å². The fraction of sp³-hybridized carbons (Fsp3) is 0.500. The Kier molecular flexibility index (Phi) is 5.78. The maximum Gasteiger partial charge on any atom is 0.222 e. The summed E-state index contributed by atoms with van der Waals surface area (Å²) in [4.78, 5) is 11.6. The second kappa shape index (κ2) is 7.11. The lowest BCUT2D eigenvalue weighted by Crippen LogP contribution is -2.32. The Morgan fingerprint density at radius 2 is 2.22 bits per heavy atom. The smallest absolute Gasteiger partial charge is 0.222 e. The van der Waals surface area contributed by atoms with Gasteiger partial charge in [0.25, 0.3) is 0 Å². The van der Waals surface area contributed by atoms with Crippen LogP contribution in [0.4, 0.5) is 4.39 Å². The van der Waals surface area contributed by atoms with Crippen molar-refractivity contribution in [3.05, 3.63) is 35.1 Å². The maximum absolute atomic E-state index is 12.9. The van der Waals surface area contributed by atoms with Crippen molar-refractivity contribution in [3.8, 4) is 0 Å². The quantitative estimate of drug-likeness (QED) is 0.811. The summed E-state index contributed by atoms with van der Waals surface area (Å²) in [6, 6.07) is 4.72. The van der Waals surface area contributed by atoms with Crippen LogP contribution in [0.15, 0.2) is 18.2 Å². The molecule has 1 amide bonds. The molecule has 3 nitrogen and oxygen atoms in total. The van der Waals surface area contributed by atoms with Gasteiger partial charge in [0.05, 0.1) is 0 Å². The number of carbonyl (C=O) groups is 1. The number of carbonyl (C=O) groups excluding carboxylic acids is 1. The van der Waals surface area contributed by atoms with Crippen molar-refractivity contribution in [2.75, 3.05) is 13.1 Å². The van der Waals surface area contributed by atoms with E-state index in [-0.39, 0.29) is 17.6 Å². The molecule has 100 valence electrons. The van der Waals surface area contributed by atoms with E-state index in [1.54, 1.807) is 6.07 Å². The molecular weight excluding hydrogens is 231 g/mol. The Morgan fingerprint density at radius 1 is 1.50 bits per heavy atom. The third kappa shape index (κ3) is 4.45. The maximum atomic E-state index is 12.9. The fourth-order valence-corrected chi connectivity index (χ4v) is 1.82. The number of aryl methyl sites for hydroxylation is 1. The molecule has 0 bridgehead atoms. The van der Waals surface area contributed by atoms with E-state index >= 15 is 0 Å². The molecule has 0 aliphatic rings. The zero-order valence-corrected chi connectivity index (χ0v) is 11.0. The molecule has 4 heteroatoms. The third-order valence-electron chi connectivity index (χ3n) is 3.05. The van der Waals surface area contributed by atoms with Crippen molar-refractivity contribution in [1.82, 2.24) is 5.32 Å². The third-order valence-corrected chi connectivity index (χ3v) is 3.05. The lowest BCUT2D eigenvalue weighted by molar-refractivity contribution is -0.124. The molecule has 0 aliphatic heterocycles. The summed E-state index contributed by atoms with van der Waals surface area (Å²) >= 11 is 0. The molecule has 0 saturated carbocycles. The summed E-state index contributed by atoms with van der Waals surface area (Å²) < 4.78 is 12.9. The molecule has 0 spiro atoms. The number of halogens is 1. The first-order valence-corrected chi connectivity index (χ1v) is 6.27. The van der Waals surface area contributed by atoms with E-state index in [4.69, 9.17) is 5.73 Å². The predicted molar refractivity (Wildman–Crippen MR) is 70.7 cm³/mol. The lowest BCUT2D eigenvalue weighted by atomic mass is 10.0. The van der Waals surface area contributed by atoms with E-state index in [9.17, 15) is 9.18 Å². The molecule has 1 aromatic carbocycles. The highest BCUT2D eigenvalue weighted by Gasteiger charge is 2.10. The summed E-state index contributed by atoms with van der Waals surface area (Å²) in [5.74, 6) is -0.249. The average Bonchev–Trinajstić information content (AvgIpc) is 2.32. The zero-order chi connectivity index (χ0) is 13.5. The second-order valence-electron chi connectivity index (χ2n) is 4.59. The number of benzene rings is 1. The Labute approximate surface area is 108 Å². The standard InChI is InChI=1S/C14H21FN2O/c1-10(5-7-16)14(18)17-8-6-12-3-4-13(15)9-11(12)2/h3-4,9-10H,5-8,16H2,1-2H3,(H,17,18). The van der Waals surface area contributed by atoms with E-state index in [0.29, 0.717) is 25.9 Å². The van der Waals surface area contributed by atoms with Gasteiger partial charge in [0, 0.05) is 12.5 Å². The monoisotopic (exact) mass is 252 g/mol. The number of nitrogens with one attached hydrogen (secondary N) is 1. The minimum atomic E-state index is -0.225. The zero-order valence-electron chi connectivity index (χ0n) is 11.0. The average molecular weight is 252 g/mol. The Hall–Kier alpha value is -1.42. The van der Waals surface area contributed by atoms with E-state index in [1.165, 1.54) is 12.1 Å². The number of hydrogen-bond donors (Lipinski definition) is 2. The van der Waals surface area contributed by atoms with Crippen LogP contribution < -0.4 is 11.1 Å². The molecule has 1 rings (SSSR count). The van der Waals surface area contributed by atoms with Gasteiger partial charge in [-0.2, -0.15) is 0 Å². The molecule has 0 saturated heterocycles. The summed E-state index contributed by atoms with van der Waals surface area (Å²) in [6.07, 6.45) is 1.41. The van der Waals surface area contributed by atoms with Crippen LogP contribution in [0.5, 0.6) is 0 Å². The molecule has 0 aliphatic carbocycles.